The van der Waals surface area contributed by atoms with E-state index in [4.69, 9.17) is 9.47 Å². The smallest absolute Gasteiger partial charge is 0.337 e. The van der Waals surface area contributed by atoms with Gasteiger partial charge in [0.2, 0.25) is 0 Å². The molecule has 2 aliphatic rings. The number of methoxy groups -OCH3 is 2. The van der Waals surface area contributed by atoms with Gasteiger partial charge in [-0.1, -0.05) is 36.4 Å². The van der Waals surface area contributed by atoms with E-state index in [2.05, 4.69) is 23.5 Å². The number of anilines is 1. The van der Waals surface area contributed by atoms with Gasteiger partial charge in [0.05, 0.1) is 31.5 Å². The summed E-state index contributed by atoms with van der Waals surface area (Å²) in [4.78, 5) is 11.7. The van der Waals surface area contributed by atoms with Crippen molar-refractivity contribution in [3.63, 3.8) is 0 Å². The van der Waals surface area contributed by atoms with Crippen LogP contribution >= 0.6 is 0 Å². The molecular weight excluding hydrogens is 314 g/mol. The number of carbonyl (C=O) groups excluding carboxylic acids is 1. The van der Waals surface area contributed by atoms with Crippen LogP contribution in [-0.2, 0) is 4.74 Å². The second kappa shape index (κ2) is 6.28. The second-order valence-corrected chi connectivity index (χ2v) is 6.51. The Morgan fingerprint density at radius 3 is 2.64 bits per heavy atom. The van der Waals surface area contributed by atoms with Crippen molar-refractivity contribution in [1.29, 1.82) is 0 Å². The Balaban J connectivity index is 1.72. The quantitative estimate of drug-likeness (QED) is 0.671. The highest BCUT2D eigenvalue weighted by molar-refractivity contribution is 5.89. The second-order valence-electron chi connectivity index (χ2n) is 6.51. The lowest BCUT2D eigenvalue weighted by molar-refractivity contribution is 0.0600. The average Bonchev–Trinajstić information content (AvgIpc) is 3.16. The Bertz CT molecular complexity index is 826. The van der Waals surface area contributed by atoms with E-state index in [0.717, 1.165) is 17.9 Å². The fourth-order valence-electron chi connectivity index (χ4n) is 4.04. The Morgan fingerprint density at radius 1 is 1.12 bits per heavy atom. The molecule has 2 aromatic rings. The number of fused-ring (bicyclic) bond motifs is 3. The van der Waals surface area contributed by atoms with Gasteiger partial charge in [-0.3, -0.25) is 0 Å². The molecule has 0 amide bonds. The lowest BCUT2D eigenvalue weighted by Gasteiger charge is -2.38. The molecular formula is C21H21NO3. The van der Waals surface area contributed by atoms with Crippen LogP contribution in [0.2, 0.25) is 0 Å². The molecule has 0 bridgehead atoms. The van der Waals surface area contributed by atoms with E-state index in [1.165, 1.54) is 18.2 Å². The summed E-state index contributed by atoms with van der Waals surface area (Å²) in [5, 5.41) is 3.69. The minimum atomic E-state index is -0.310. The molecule has 0 saturated heterocycles. The number of esters is 1. The van der Waals surface area contributed by atoms with Crippen molar-refractivity contribution >= 4 is 11.7 Å². The molecule has 4 nitrogen and oxygen atoms in total. The van der Waals surface area contributed by atoms with Crippen LogP contribution in [-0.4, -0.2) is 20.2 Å². The standard InChI is InChI=1S/C21H21NO3/c1-24-18-8-4-7-17-15-5-3-6-16(15)19(22-20(17)18)13-9-11-14(12-10-13)21(23)25-2/h3-5,7-12,15-16,19,22H,6H2,1-2H3/t15-,16+,19-/m0/s1. The topological polar surface area (TPSA) is 47.6 Å². The minimum Gasteiger partial charge on any atom is -0.495 e. The van der Waals surface area contributed by atoms with Gasteiger partial charge in [-0.2, -0.15) is 0 Å². The first-order valence-corrected chi connectivity index (χ1v) is 8.51. The van der Waals surface area contributed by atoms with Crippen LogP contribution in [0, 0.1) is 5.92 Å². The maximum absolute atomic E-state index is 11.7. The lowest BCUT2D eigenvalue weighted by atomic mass is 9.77. The Labute approximate surface area is 147 Å². The summed E-state index contributed by atoms with van der Waals surface area (Å²) in [6, 6.07) is 14.1. The summed E-state index contributed by atoms with van der Waals surface area (Å²) < 4.78 is 10.3. The minimum absolute atomic E-state index is 0.176. The third-order valence-corrected chi connectivity index (χ3v) is 5.27. The van der Waals surface area contributed by atoms with Gasteiger partial charge in [0.15, 0.2) is 0 Å². The molecule has 0 unspecified atom stereocenters. The molecule has 0 aromatic heterocycles. The molecule has 4 heteroatoms. The van der Waals surface area contributed by atoms with Crippen molar-refractivity contribution in [1.82, 2.24) is 0 Å². The third-order valence-electron chi connectivity index (χ3n) is 5.27. The first kappa shape index (κ1) is 15.8. The molecule has 3 atom stereocenters. The summed E-state index contributed by atoms with van der Waals surface area (Å²) >= 11 is 0. The predicted molar refractivity (Wildman–Crippen MR) is 97.1 cm³/mol. The van der Waals surface area contributed by atoms with Crippen molar-refractivity contribution in [2.24, 2.45) is 5.92 Å². The summed E-state index contributed by atoms with van der Waals surface area (Å²) in [5.74, 6) is 1.41. The number of allylic oxidation sites excluding steroid dienone is 2. The van der Waals surface area contributed by atoms with Gasteiger partial charge in [-0.25, -0.2) is 4.79 Å². The number of ether oxygens (including phenoxy) is 2. The normalized spacial score (nSPS) is 23.4. The Morgan fingerprint density at radius 2 is 1.92 bits per heavy atom. The van der Waals surface area contributed by atoms with Crippen LogP contribution in [0.3, 0.4) is 0 Å². The Hall–Kier alpha value is -2.75. The first-order valence-electron chi connectivity index (χ1n) is 8.51. The number of rotatable bonds is 3. The molecule has 128 valence electrons. The first-order chi connectivity index (χ1) is 12.2. The Kier molecular flexibility index (Phi) is 3.96. The number of para-hydroxylation sites is 1. The van der Waals surface area contributed by atoms with Crippen LogP contribution in [0.4, 0.5) is 5.69 Å². The molecule has 1 N–H and O–H groups in total. The number of hydrogen-bond acceptors (Lipinski definition) is 4. The molecule has 0 spiro atoms. The molecule has 1 heterocycles. The molecule has 0 fully saturated rings. The molecule has 0 radical (unpaired) electrons. The van der Waals surface area contributed by atoms with Gasteiger partial charge in [0, 0.05) is 5.92 Å². The van der Waals surface area contributed by atoms with Gasteiger partial charge >= 0.3 is 5.97 Å². The van der Waals surface area contributed by atoms with Crippen molar-refractivity contribution in [3.8, 4) is 5.75 Å². The van der Waals surface area contributed by atoms with E-state index >= 15 is 0 Å². The highest BCUT2D eigenvalue weighted by Gasteiger charge is 2.38. The molecule has 2 aromatic carbocycles. The van der Waals surface area contributed by atoms with E-state index in [9.17, 15) is 4.79 Å². The molecule has 4 rings (SSSR count). The lowest BCUT2D eigenvalue weighted by Crippen LogP contribution is -2.29. The number of nitrogens with one attached hydrogen (secondary N) is 1. The van der Waals surface area contributed by atoms with Crippen LogP contribution in [0.15, 0.2) is 54.6 Å². The van der Waals surface area contributed by atoms with Gasteiger partial charge in [0.25, 0.3) is 0 Å². The van der Waals surface area contributed by atoms with Crippen molar-refractivity contribution in [2.45, 2.75) is 18.4 Å². The van der Waals surface area contributed by atoms with Gasteiger partial charge in [-0.05, 0) is 41.7 Å². The molecule has 0 saturated carbocycles. The van der Waals surface area contributed by atoms with E-state index in [-0.39, 0.29) is 12.0 Å². The van der Waals surface area contributed by atoms with Crippen molar-refractivity contribution in [2.75, 3.05) is 19.5 Å². The van der Waals surface area contributed by atoms with Crippen LogP contribution in [0.25, 0.3) is 0 Å². The van der Waals surface area contributed by atoms with Gasteiger partial charge in [0.1, 0.15) is 5.75 Å². The van der Waals surface area contributed by atoms with E-state index in [1.807, 2.05) is 36.4 Å². The van der Waals surface area contributed by atoms with Crippen molar-refractivity contribution in [3.05, 3.63) is 71.3 Å². The van der Waals surface area contributed by atoms with E-state index in [0.29, 0.717) is 17.4 Å². The fraction of sp³-hybridized carbons (Fsp3) is 0.286. The maximum atomic E-state index is 11.7. The third kappa shape index (κ3) is 2.58. The number of carbonyl (C=O) groups is 1. The number of benzene rings is 2. The highest BCUT2D eigenvalue weighted by Crippen LogP contribution is 2.52. The highest BCUT2D eigenvalue weighted by atomic mass is 16.5. The summed E-state index contributed by atoms with van der Waals surface area (Å²) in [7, 11) is 3.10. The summed E-state index contributed by atoms with van der Waals surface area (Å²) in [6.07, 6.45) is 5.61. The maximum Gasteiger partial charge on any atom is 0.337 e. The molecule has 1 aliphatic heterocycles. The largest absolute Gasteiger partial charge is 0.495 e. The van der Waals surface area contributed by atoms with Gasteiger partial charge in [-0.15, -0.1) is 0 Å². The summed E-state index contributed by atoms with van der Waals surface area (Å²) in [6.45, 7) is 0. The molecule has 25 heavy (non-hydrogen) atoms. The van der Waals surface area contributed by atoms with E-state index < -0.39 is 0 Å². The average molecular weight is 335 g/mol. The monoisotopic (exact) mass is 335 g/mol. The van der Waals surface area contributed by atoms with Crippen LogP contribution < -0.4 is 10.1 Å². The SMILES string of the molecule is COC(=O)c1ccc([C@@H]2Nc3c(OC)cccc3[C@H]3C=CC[C@H]32)cc1. The fourth-order valence-corrected chi connectivity index (χ4v) is 4.04. The zero-order valence-corrected chi connectivity index (χ0v) is 14.4. The van der Waals surface area contributed by atoms with E-state index in [1.54, 1.807) is 7.11 Å². The van der Waals surface area contributed by atoms with Crippen molar-refractivity contribution < 1.29 is 14.3 Å². The summed E-state index contributed by atoms with van der Waals surface area (Å²) in [5.41, 5.74) is 4.10. The predicted octanol–water partition coefficient (Wildman–Crippen LogP) is 4.31. The zero-order valence-electron chi connectivity index (χ0n) is 14.4. The number of hydrogen-bond donors (Lipinski definition) is 1. The van der Waals surface area contributed by atoms with Crippen LogP contribution in [0.5, 0.6) is 5.75 Å². The van der Waals surface area contributed by atoms with Gasteiger partial charge < -0.3 is 14.8 Å². The molecule has 1 aliphatic carbocycles. The van der Waals surface area contributed by atoms with Crippen LogP contribution in [0.1, 0.15) is 39.9 Å². The zero-order chi connectivity index (χ0) is 17.4.